The summed E-state index contributed by atoms with van der Waals surface area (Å²) in [4.78, 5) is 35.4. The number of carbonyl (C=O) groups excluding carboxylic acids is 3. The lowest BCUT2D eigenvalue weighted by atomic mass is 10.1. The molecule has 130 valence electrons. The quantitative estimate of drug-likeness (QED) is 0.589. The topological polar surface area (TPSA) is 72.5 Å². The van der Waals surface area contributed by atoms with Crippen LogP contribution in [0.1, 0.15) is 27.1 Å². The summed E-state index contributed by atoms with van der Waals surface area (Å²) in [5, 5.41) is 3.42. The molecule has 0 aliphatic heterocycles. The molecule has 2 aromatic carbocycles. The van der Waals surface area contributed by atoms with E-state index in [0.29, 0.717) is 21.2 Å². The molecular weight excluding hydrogens is 365 g/mol. The van der Waals surface area contributed by atoms with Gasteiger partial charge in [0, 0.05) is 22.7 Å². The largest absolute Gasteiger partial charge is 0.457 e. The fourth-order valence-electron chi connectivity index (χ4n) is 1.96. The van der Waals surface area contributed by atoms with Gasteiger partial charge in [-0.3, -0.25) is 14.4 Å². The number of rotatable bonds is 7. The summed E-state index contributed by atoms with van der Waals surface area (Å²) in [6.07, 6.45) is -0.0465. The average molecular weight is 380 g/mol. The molecule has 0 spiro atoms. The van der Waals surface area contributed by atoms with E-state index >= 15 is 0 Å². The minimum Gasteiger partial charge on any atom is -0.457 e. The van der Waals surface area contributed by atoms with Crippen molar-refractivity contribution in [2.24, 2.45) is 0 Å². The van der Waals surface area contributed by atoms with Gasteiger partial charge < -0.3 is 10.1 Å². The smallest absolute Gasteiger partial charge is 0.308 e. The Bertz CT molecular complexity index is 775. The van der Waals surface area contributed by atoms with E-state index in [0.717, 1.165) is 0 Å². The molecule has 0 atom stereocenters. The molecule has 2 rings (SSSR count). The van der Waals surface area contributed by atoms with Gasteiger partial charge in [0.05, 0.1) is 11.4 Å². The number of esters is 1. The molecular formula is C18H15Cl2NO4. The molecule has 5 nitrogen and oxygen atoms in total. The summed E-state index contributed by atoms with van der Waals surface area (Å²) < 4.78 is 4.90. The van der Waals surface area contributed by atoms with Crippen molar-refractivity contribution in [2.45, 2.75) is 6.42 Å². The van der Waals surface area contributed by atoms with Crippen molar-refractivity contribution in [1.29, 1.82) is 0 Å². The Kier molecular flexibility index (Phi) is 6.98. The molecule has 0 aliphatic carbocycles. The Morgan fingerprint density at radius 2 is 1.64 bits per heavy atom. The number of hydrogen-bond donors (Lipinski definition) is 1. The predicted molar refractivity (Wildman–Crippen MR) is 95.1 cm³/mol. The van der Waals surface area contributed by atoms with Gasteiger partial charge in [0.15, 0.2) is 6.61 Å². The van der Waals surface area contributed by atoms with Crippen LogP contribution < -0.4 is 5.32 Å². The predicted octanol–water partition coefficient (Wildman–Crippen LogP) is 3.54. The van der Waals surface area contributed by atoms with E-state index in [9.17, 15) is 14.4 Å². The fourth-order valence-corrected chi connectivity index (χ4v) is 2.33. The first-order valence-electron chi connectivity index (χ1n) is 7.44. The van der Waals surface area contributed by atoms with Gasteiger partial charge in [-0.2, -0.15) is 0 Å². The number of ketones is 1. The highest BCUT2D eigenvalue weighted by Crippen LogP contribution is 2.15. The number of hydrogen-bond acceptors (Lipinski definition) is 4. The molecule has 2 aromatic rings. The molecule has 25 heavy (non-hydrogen) atoms. The molecule has 0 saturated heterocycles. The summed E-state index contributed by atoms with van der Waals surface area (Å²) in [5.41, 5.74) is 0.736. The highest BCUT2D eigenvalue weighted by atomic mass is 35.5. The fraction of sp³-hybridized carbons (Fsp3) is 0.167. The van der Waals surface area contributed by atoms with E-state index < -0.39 is 12.6 Å². The molecule has 0 aromatic heterocycles. The lowest BCUT2D eigenvalue weighted by Gasteiger charge is -2.07. The van der Waals surface area contributed by atoms with Crippen molar-refractivity contribution >= 4 is 40.9 Å². The number of benzene rings is 2. The second-order valence-electron chi connectivity index (χ2n) is 5.08. The minimum atomic E-state index is -0.586. The molecule has 1 amide bonds. The van der Waals surface area contributed by atoms with Crippen molar-refractivity contribution < 1.29 is 19.1 Å². The summed E-state index contributed by atoms with van der Waals surface area (Å²) in [6, 6.07) is 12.9. The summed E-state index contributed by atoms with van der Waals surface area (Å²) >= 11 is 11.7. The third kappa shape index (κ3) is 5.89. The number of carbonyl (C=O) groups is 3. The summed E-state index contributed by atoms with van der Waals surface area (Å²) in [5.74, 6) is -1.29. The summed E-state index contributed by atoms with van der Waals surface area (Å²) in [7, 11) is 0. The van der Waals surface area contributed by atoms with Crippen molar-refractivity contribution in [2.75, 3.05) is 13.2 Å². The van der Waals surface area contributed by atoms with Crippen LogP contribution in [-0.4, -0.2) is 30.8 Å². The Hall–Kier alpha value is -2.37. The maximum Gasteiger partial charge on any atom is 0.308 e. The van der Waals surface area contributed by atoms with Gasteiger partial charge in [-0.05, 0) is 36.4 Å². The molecule has 0 fully saturated rings. The molecule has 0 bridgehead atoms. The lowest BCUT2D eigenvalue weighted by Crippen LogP contribution is -2.27. The van der Waals surface area contributed by atoms with Gasteiger partial charge in [-0.25, -0.2) is 0 Å². The van der Waals surface area contributed by atoms with Crippen LogP contribution in [0.4, 0.5) is 0 Å². The highest BCUT2D eigenvalue weighted by Gasteiger charge is 2.13. The average Bonchev–Trinajstić information content (AvgIpc) is 2.60. The zero-order chi connectivity index (χ0) is 18.2. The van der Waals surface area contributed by atoms with Crippen LogP contribution in [0.15, 0.2) is 48.5 Å². The first-order valence-corrected chi connectivity index (χ1v) is 8.20. The van der Waals surface area contributed by atoms with Crippen LogP contribution in [-0.2, 0) is 9.53 Å². The van der Waals surface area contributed by atoms with Gasteiger partial charge in [0.25, 0.3) is 5.91 Å². The monoisotopic (exact) mass is 379 g/mol. The number of Topliss-reactive ketones (excluding diaryl/α,β-unsaturated/α-hetero) is 1. The Morgan fingerprint density at radius 3 is 2.32 bits per heavy atom. The highest BCUT2D eigenvalue weighted by molar-refractivity contribution is 6.34. The molecule has 0 saturated carbocycles. The molecule has 0 unspecified atom stereocenters. The third-order valence-electron chi connectivity index (χ3n) is 3.26. The van der Waals surface area contributed by atoms with Crippen LogP contribution >= 0.6 is 23.2 Å². The standard InChI is InChI=1S/C18H15Cl2NO4/c19-13-7-5-12(6-8-13)18(24)21-10-9-17(23)25-11-16(22)14-3-1-2-4-15(14)20/h1-8H,9-11H2,(H,21,24). The Labute approximate surface area is 154 Å². The van der Waals surface area contributed by atoms with E-state index in [-0.39, 0.29) is 24.7 Å². The van der Waals surface area contributed by atoms with Crippen LogP contribution in [0.2, 0.25) is 10.0 Å². The summed E-state index contributed by atoms with van der Waals surface area (Å²) in [6.45, 7) is -0.297. The number of nitrogens with one attached hydrogen (secondary N) is 1. The SMILES string of the molecule is O=C(CCNC(=O)c1ccc(Cl)cc1)OCC(=O)c1ccccc1Cl. The van der Waals surface area contributed by atoms with Crippen LogP contribution in [0, 0.1) is 0 Å². The van der Waals surface area contributed by atoms with Crippen molar-refractivity contribution in [1.82, 2.24) is 5.32 Å². The van der Waals surface area contributed by atoms with Gasteiger partial charge >= 0.3 is 5.97 Å². The third-order valence-corrected chi connectivity index (χ3v) is 3.84. The van der Waals surface area contributed by atoms with Gasteiger partial charge in [-0.1, -0.05) is 35.3 Å². The van der Waals surface area contributed by atoms with E-state index in [1.165, 1.54) is 0 Å². The van der Waals surface area contributed by atoms with E-state index in [4.69, 9.17) is 27.9 Å². The van der Waals surface area contributed by atoms with Crippen LogP contribution in [0.3, 0.4) is 0 Å². The van der Waals surface area contributed by atoms with Crippen molar-refractivity contribution in [3.63, 3.8) is 0 Å². The van der Waals surface area contributed by atoms with Gasteiger partial charge in [0.2, 0.25) is 5.78 Å². The Balaban J connectivity index is 1.72. The van der Waals surface area contributed by atoms with E-state index in [1.54, 1.807) is 48.5 Å². The maximum absolute atomic E-state index is 11.9. The molecule has 0 heterocycles. The first kappa shape index (κ1) is 19.0. The Morgan fingerprint density at radius 1 is 0.960 bits per heavy atom. The maximum atomic E-state index is 11.9. The normalized spacial score (nSPS) is 10.2. The minimum absolute atomic E-state index is 0.0465. The number of ether oxygens (including phenoxy) is 1. The zero-order valence-corrected chi connectivity index (χ0v) is 14.6. The van der Waals surface area contributed by atoms with Gasteiger partial charge in [0.1, 0.15) is 0 Å². The van der Waals surface area contributed by atoms with Crippen molar-refractivity contribution in [3.8, 4) is 0 Å². The van der Waals surface area contributed by atoms with Gasteiger partial charge in [-0.15, -0.1) is 0 Å². The molecule has 7 heteroatoms. The molecule has 0 aliphatic rings. The zero-order valence-electron chi connectivity index (χ0n) is 13.1. The second kappa shape index (κ2) is 9.20. The second-order valence-corrected chi connectivity index (χ2v) is 5.92. The number of halogens is 2. The lowest BCUT2D eigenvalue weighted by molar-refractivity contribution is -0.142. The number of amides is 1. The van der Waals surface area contributed by atoms with Crippen molar-refractivity contribution in [3.05, 3.63) is 69.7 Å². The van der Waals surface area contributed by atoms with E-state index in [2.05, 4.69) is 5.32 Å². The van der Waals surface area contributed by atoms with Crippen LogP contribution in [0.5, 0.6) is 0 Å². The molecule has 0 radical (unpaired) electrons. The molecule has 1 N–H and O–H groups in total. The van der Waals surface area contributed by atoms with E-state index in [1.807, 2.05) is 0 Å². The van der Waals surface area contributed by atoms with Crippen LogP contribution in [0.25, 0.3) is 0 Å². The first-order chi connectivity index (χ1) is 12.0.